The zero-order chi connectivity index (χ0) is 20.4. The van der Waals surface area contributed by atoms with Gasteiger partial charge < -0.3 is 10.2 Å². The maximum atomic E-state index is 12.8. The number of pyridine rings is 1. The smallest absolute Gasteiger partial charge is 0.252 e. The molecule has 0 bridgehead atoms. The largest absolute Gasteiger partial charge is 0.343 e. The Balaban J connectivity index is 1.54. The third kappa shape index (κ3) is 4.13. The quantitative estimate of drug-likeness (QED) is 0.724. The molecule has 7 heteroatoms. The molecule has 1 aliphatic rings. The van der Waals surface area contributed by atoms with Gasteiger partial charge in [0.1, 0.15) is 0 Å². The molecule has 7 nitrogen and oxygen atoms in total. The molecule has 1 aromatic carbocycles. The van der Waals surface area contributed by atoms with E-state index in [2.05, 4.69) is 46.6 Å². The molecule has 1 N–H and O–H groups in total. The molecule has 0 atom stereocenters. The Hall–Kier alpha value is -3.22. The van der Waals surface area contributed by atoms with E-state index >= 15 is 0 Å². The summed E-state index contributed by atoms with van der Waals surface area (Å²) in [7, 11) is 0. The number of aryl methyl sites for hydroxylation is 2. The van der Waals surface area contributed by atoms with Crippen molar-refractivity contribution in [3.63, 3.8) is 0 Å². The molecular formula is C22H25N5O2. The van der Waals surface area contributed by atoms with Crippen molar-refractivity contribution in [1.82, 2.24) is 25.0 Å². The van der Waals surface area contributed by atoms with E-state index in [0.29, 0.717) is 23.1 Å². The van der Waals surface area contributed by atoms with Crippen molar-refractivity contribution in [2.24, 2.45) is 0 Å². The van der Waals surface area contributed by atoms with Crippen LogP contribution in [0.4, 0.5) is 0 Å². The van der Waals surface area contributed by atoms with Crippen molar-refractivity contribution in [3.8, 4) is 0 Å². The van der Waals surface area contributed by atoms with E-state index in [0.717, 1.165) is 37.2 Å². The fourth-order valence-corrected chi connectivity index (χ4v) is 3.67. The van der Waals surface area contributed by atoms with Gasteiger partial charge in [-0.2, -0.15) is 5.10 Å². The number of nitrogens with one attached hydrogen (secondary N) is 1. The molecule has 3 aromatic rings. The van der Waals surface area contributed by atoms with Gasteiger partial charge in [0.2, 0.25) is 5.91 Å². The maximum Gasteiger partial charge on any atom is 0.252 e. The number of carbonyl (C=O) groups excluding carboxylic acids is 2. The number of rotatable bonds is 5. The Kier molecular flexibility index (Phi) is 5.29. The number of fused-ring (bicyclic) bond motifs is 1. The van der Waals surface area contributed by atoms with E-state index in [1.807, 2.05) is 6.92 Å². The van der Waals surface area contributed by atoms with Crippen molar-refractivity contribution >= 4 is 22.8 Å². The number of nitrogens with zero attached hydrogens (tertiary/aromatic N) is 4. The lowest BCUT2D eigenvalue weighted by Gasteiger charge is -2.15. The van der Waals surface area contributed by atoms with Crippen LogP contribution >= 0.6 is 0 Å². The molecule has 2 aromatic heterocycles. The van der Waals surface area contributed by atoms with Crippen LogP contribution in [-0.4, -0.2) is 51.1 Å². The van der Waals surface area contributed by atoms with Gasteiger partial charge >= 0.3 is 0 Å². The lowest BCUT2D eigenvalue weighted by atomic mass is 10.1. The zero-order valence-electron chi connectivity index (χ0n) is 16.8. The minimum atomic E-state index is -0.275. The van der Waals surface area contributed by atoms with Gasteiger partial charge in [0.25, 0.3) is 5.91 Å². The summed E-state index contributed by atoms with van der Waals surface area (Å²) in [5.74, 6) is -0.309. The predicted octanol–water partition coefficient (Wildman–Crippen LogP) is 2.45. The Bertz CT molecular complexity index is 1050. The third-order valence-corrected chi connectivity index (χ3v) is 5.29. The third-order valence-electron chi connectivity index (χ3n) is 5.29. The van der Waals surface area contributed by atoms with Crippen LogP contribution in [0.3, 0.4) is 0 Å². The van der Waals surface area contributed by atoms with Gasteiger partial charge in [0, 0.05) is 18.8 Å². The molecule has 4 rings (SSSR count). The standard InChI is InChI=1S/C22H25N5O2/c1-15-5-7-17(8-6-15)14-27-21-19(12-24-27)18(11-16(2)25-21)22(29)23-13-20(28)26-9-3-4-10-26/h5-8,11-12H,3-4,9-10,13-14H2,1-2H3,(H,23,29). The molecule has 150 valence electrons. The molecule has 0 radical (unpaired) electrons. The van der Waals surface area contributed by atoms with Gasteiger partial charge in [-0.25, -0.2) is 9.67 Å². The van der Waals surface area contributed by atoms with Gasteiger partial charge in [-0.3, -0.25) is 9.59 Å². The Labute approximate surface area is 169 Å². The average Bonchev–Trinajstić information content (AvgIpc) is 3.38. The maximum absolute atomic E-state index is 12.8. The number of likely N-dealkylation sites (tertiary alicyclic amines) is 1. The van der Waals surface area contributed by atoms with Gasteiger partial charge in [-0.15, -0.1) is 0 Å². The van der Waals surface area contributed by atoms with Crippen LogP contribution in [0.15, 0.2) is 36.5 Å². The Morgan fingerprint density at radius 3 is 2.55 bits per heavy atom. The van der Waals surface area contributed by atoms with Crippen molar-refractivity contribution in [1.29, 1.82) is 0 Å². The van der Waals surface area contributed by atoms with E-state index in [9.17, 15) is 9.59 Å². The number of benzene rings is 1. The van der Waals surface area contributed by atoms with Crippen molar-refractivity contribution < 1.29 is 9.59 Å². The zero-order valence-corrected chi connectivity index (χ0v) is 16.8. The van der Waals surface area contributed by atoms with E-state index in [-0.39, 0.29) is 18.4 Å². The second-order valence-electron chi connectivity index (χ2n) is 7.61. The minimum absolute atomic E-state index is 0.0131. The summed E-state index contributed by atoms with van der Waals surface area (Å²) in [6.07, 6.45) is 3.74. The summed E-state index contributed by atoms with van der Waals surface area (Å²) in [6, 6.07) is 10.0. The lowest BCUT2D eigenvalue weighted by molar-refractivity contribution is -0.129. The Morgan fingerprint density at radius 2 is 1.83 bits per heavy atom. The SMILES string of the molecule is Cc1ccc(Cn2ncc3c(C(=O)NCC(=O)N4CCCC4)cc(C)nc32)cc1. The highest BCUT2D eigenvalue weighted by Gasteiger charge is 2.20. The molecular weight excluding hydrogens is 366 g/mol. The minimum Gasteiger partial charge on any atom is -0.343 e. The first-order valence-electron chi connectivity index (χ1n) is 9.96. The Morgan fingerprint density at radius 1 is 1.10 bits per heavy atom. The molecule has 0 aliphatic carbocycles. The molecule has 1 aliphatic heterocycles. The fourth-order valence-electron chi connectivity index (χ4n) is 3.67. The molecule has 0 spiro atoms. The first kappa shape index (κ1) is 19.1. The normalized spacial score (nSPS) is 13.8. The lowest BCUT2D eigenvalue weighted by Crippen LogP contribution is -2.38. The highest BCUT2D eigenvalue weighted by molar-refractivity contribution is 6.06. The van der Waals surface area contributed by atoms with E-state index in [1.165, 1.54) is 5.56 Å². The van der Waals surface area contributed by atoms with E-state index < -0.39 is 0 Å². The van der Waals surface area contributed by atoms with Crippen LogP contribution in [-0.2, 0) is 11.3 Å². The van der Waals surface area contributed by atoms with Gasteiger partial charge in [-0.1, -0.05) is 29.8 Å². The summed E-state index contributed by atoms with van der Waals surface area (Å²) < 4.78 is 1.80. The van der Waals surface area contributed by atoms with Crippen LogP contribution in [0.2, 0.25) is 0 Å². The molecule has 1 saturated heterocycles. The van der Waals surface area contributed by atoms with Crippen LogP contribution in [0.1, 0.15) is 40.0 Å². The van der Waals surface area contributed by atoms with Gasteiger partial charge in [0.05, 0.1) is 30.2 Å². The van der Waals surface area contributed by atoms with E-state index in [1.54, 1.807) is 21.8 Å². The van der Waals surface area contributed by atoms with Crippen LogP contribution in [0.5, 0.6) is 0 Å². The van der Waals surface area contributed by atoms with Crippen molar-refractivity contribution in [3.05, 3.63) is 58.9 Å². The average molecular weight is 391 g/mol. The number of aromatic nitrogens is 3. The molecule has 3 heterocycles. The first-order chi connectivity index (χ1) is 14.0. The van der Waals surface area contributed by atoms with Gasteiger partial charge in [-0.05, 0) is 38.3 Å². The van der Waals surface area contributed by atoms with Gasteiger partial charge in [0.15, 0.2) is 5.65 Å². The summed E-state index contributed by atoms with van der Waals surface area (Å²) in [6.45, 7) is 6.05. The highest BCUT2D eigenvalue weighted by atomic mass is 16.2. The number of amides is 2. The highest BCUT2D eigenvalue weighted by Crippen LogP contribution is 2.19. The molecule has 2 amide bonds. The van der Waals surface area contributed by atoms with Crippen molar-refractivity contribution in [2.75, 3.05) is 19.6 Å². The van der Waals surface area contributed by atoms with E-state index in [4.69, 9.17) is 0 Å². The number of hydrogen-bond donors (Lipinski definition) is 1. The second-order valence-corrected chi connectivity index (χ2v) is 7.61. The molecule has 29 heavy (non-hydrogen) atoms. The van der Waals surface area contributed by atoms with Crippen LogP contribution in [0, 0.1) is 13.8 Å². The first-order valence-corrected chi connectivity index (χ1v) is 9.96. The topological polar surface area (TPSA) is 80.1 Å². The molecule has 1 fully saturated rings. The second kappa shape index (κ2) is 8.03. The summed E-state index contributed by atoms with van der Waals surface area (Å²) in [5, 5.41) is 7.91. The van der Waals surface area contributed by atoms with Crippen LogP contribution < -0.4 is 5.32 Å². The molecule has 0 unspecified atom stereocenters. The monoisotopic (exact) mass is 391 g/mol. The summed E-state index contributed by atoms with van der Waals surface area (Å²) in [5.41, 5.74) is 4.22. The summed E-state index contributed by atoms with van der Waals surface area (Å²) in [4.78, 5) is 31.4. The predicted molar refractivity (Wildman–Crippen MR) is 111 cm³/mol. The fraction of sp³-hybridized carbons (Fsp3) is 0.364. The van der Waals surface area contributed by atoms with Crippen molar-refractivity contribution in [2.45, 2.75) is 33.2 Å². The number of hydrogen-bond acceptors (Lipinski definition) is 4. The van der Waals surface area contributed by atoms with Crippen LogP contribution in [0.25, 0.3) is 11.0 Å². The number of carbonyl (C=O) groups is 2. The summed E-state index contributed by atoms with van der Waals surface area (Å²) >= 11 is 0. The molecule has 0 saturated carbocycles.